The Morgan fingerprint density at radius 2 is 1.94 bits per heavy atom. The molecule has 9 heteroatoms. The van der Waals surface area contributed by atoms with E-state index in [2.05, 4.69) is 25.4 Å². The topological polar surface area (TPSA) is 96.6 Å². The van der Waals surface area contributed by atoms with Crippen molar-refractivity contribution in [3.8, 4) is 17.2 Å². The number of urea groups is 1. The molecule has 0 atom stereocenters. The molecule has 0 saturated carbocycles. The minimum Gasteiger partial charge on any atom is -0.495 e. The number of pyridine rings is 1. The van der Waals surface area contributed by atoms with Gasteiger partial charge < -0.3 is 24.3 Å². The smallest absolute Gasteiger partial charge is 0.322 e. The molecule has 0 spiro atoms. The van der Waals surface area contributed by atoms with Gasteiger partial charge in [-0.05, 0) is 36.8 Å². The Morgan fingerprint density at radius 1 is 1.16 bits per heavy atom. The summed E-state index contributed by atoms with van der Waals surface area (Å²) in [7, 11) is 1.59. The summed E-state index contributed by atoms with van der Waals surface area (Å²) >= 11 is 0. The number of hydrogen-bond donors (Lipinski definition) is 1. The van der Waals surface area contributed by atoms with Crippen molar-refractivity contribution in [2.24, 2.45) is 0 Å². The maximum atomic E-state index is 12.8. The summed E-state index contributed by atoms with van der Waals surface area (Å²) in [5.41, 5.74) is 2.52. The number of carbonyl (C=O) groups excluding carboxylic acids is 1. The van der Waals surface area contributed by atoms with E-state index < -0.39 is 0 Å². The van der Waals surface area contributed by atoms with Gasteiger partial charge in [0.1, 0.15) is 11.6 Å². The van der Waals surface area contributed by atoms with Gasteiger partial charge in [-0.3, -0.25) is 0 Å². The van der Waals surface area contributed by atoms with Crippen LogP contribution in [-0.2, 0) is 0 Å². The molecule has 2 amide bonds. The number of amides is 2. The van der Waals surface area contributed by atoms with Gasteiger partial charge in [-0.15, -0.1) is 10.2 Å². The Labute approximate surface area is 187 Å². The molecule has 9 nitrogen and oxygen atoms in total. The van der Waals surface area contributed by atoms with Crippen molar-refractivity contribution >= 4 is 17.5 Å². The van der Waals surface area contributed by atoms with Gasteiger partial charge in [0.2, 0.25) is 5.89 Å². The number of nitrogens with zero attached hydrogens (tertiary/aromatic N) is 5. The summed E-state index contributed by atoms with van der Waals surface area (Å²) in [5, 5.41) is 11.3. The fraction of sp³-hybridized carbons (Fsp3) is 0.391. The third-order valence-corrected chi connectivity index (χ3v) is 5.41. The molecule has 32 heavy (non-hydrogen) atoms. The van der Waals surface area contributed by atoms with Crippen molar-refractivity contribution in [1.82, 2.24) is 20.1 Å². The zero-order chi connectivity index (χ0) is 22.7. The second-order valence-electron chi connectivity index (χ2n) is 8.08. The molecule has 168 valence electrons. The number of aromatic nitrogens is 3. The average molecular weight is 437 g/mol. The molecule has 0 aliphatic carbocycles. The predicted molar refractivity (Wildman–Crippen MR) is 122 cm³/mol. The Hall–Kier alpha value is -3.62. The highest BCUT2D eigenvalue weighted by molar-refractivity contribution is 5.91. The zero-order valence-electron chi connectivity index (χ0n) is 18.8. The normalized spacial score (nSPS) is 14.0. The first-order chi connectivity index (χ1) is 15.5. The largest absolute Gasteiger partial charge is 0.495 e. The Bertz CT molecular complexity index is 1090. The highest BCUT2D eigenvalue weighted by atomic mass is 16.5. The van der Waals surface area contributed by atoms with Crippen LogP contribution in [0.2, 0.25) is 0 Å². The summed E-state index contributed by atoms with van der Waals surface area (Å²) in [5.74, 6) is 2.64. The maximum absolute atomic E-state index is 12.8. The lowest BCUT2D eigenvalue weighted by molar-refractivity contribution is 0.208. The van der Waals surface area contributed by atoms with Gasteiger partial charge in [0.15, 0.2) is 0 Å². The van der Waals surface area contributed by atoms with Crippen LogP contribution >= 0.6 is 0 Å². The molecule has 0 radical (unpaired) electrons. The van der Waals surface area contributed by atoms with Crippen LogP contribution in [-0.4, -0.2) is 59.4 Å². The van der Waals surface area contributed by atoms with Crippen LogP contribution < -0.4 is 15.0 Å². The van der Waals surface area contributed by atoms with Crippen molar-refractivity contribution in [2.45, 2.75) is 26.7 Å². The third-order valence-electron chi connectivity index (χ3n) is 5.41. The number of nitrogens with one attached hydrogen (secondary N) is 1. The van der Waals surface area contributed by atoms with Gasteiger partial charge in [-0.1, -0.05) is 19.9 Å². The number of anilines is 2. The van der Waals surface area contributed by atoms with Gasteiger partial charge in [-0.25, -0.2) is 9.78 Å². The zero-order valence-corrected chi connectivity index (χ0v) is 18.8. The number of methoxy groups -OCH3 is 1. The second-order valence-corrected chi connectivity index (χ2v) is 8.08. The van der Waals surface area contributed by atoms with Crippen molar-refractivity contribution in [3.63, 3.8) is 0 Å². The number of piperazine rings is 1. The van der Waals surface area contributed by atoms with E-state index in [0.29, 0.717) is 49.4 Å². The van der Waals surface area contributed by atoms with Crippen LogP contribution in [0.1, 0.15) is 31.2 Å². The van der Waals surface area contributed by atoms with Crippen LogP contribution in [0.25, 0.3) is 11.5 Å². The van der Waals surface area contributed by atoms with Crippen LogP contribution in [0.5, 0.6) is 5.75 Å². The van der Waals surface area contributed by atoms with Gasteiger partial charge >= 0.3 is 6.03 Å². The van der Waals surface area contributed by atoms with E-state index >= 15 is 0 Å². The number of ether oxygens (including phenoxy) is 1. The third kappa shape index (κ3) is 4.51. The van der Waals surface area contributed by atoms with E-state index in [1.165, 1.54) is 0 Å². The molecule has 1 aromatic carbocycles. The van der Waals surface area contributed by atoms with E-state index in [1.54, 1.807) is 18.2 Å². The van der Waals surface area contributed by atoms with Crippen molar-refractivity contribution in [1.29, 1.82) is 0 Å². The number of carbonyl (C=O) groups is 1. The van der Waals surface area contributed by atoms with Gasteiger partial charge in [0.05, 0.1) is 18.4 Å². The van der Waals surface area contributed by atoms with Crippen molar-refractivity contribution < 1.29 is 13.9 Å². The molecule has 1 aliphatic rings. The second kappa shape index (κ2) is 9.25. The molecule has 0 unspecified atom stereocenters. The van der Waals surface area contributed by atoms with E-state index in [1.807, 2.05) is 51.1 Å². The first-order valence-corrected chi connectivity index (χ1v) is 10.7. The molecule has 3 aromatic rings. The lowest BCUT2D eigenvalue weighted by Crippen LogP contribution is -2.50. The van der Waals surface area contributed by atoms with E-state index in [9.17, 15) is 4.79 Å². The molecule has 1 aliphatic heterocycles. The molecular weight excluding hydrogens is 408 g/mol. The van der Waals surface area contributed by atoms with Gasteiger partial charge in [-0.2, -0.15) is 0 Å². The molecule has 1 N–H and O–H groups in total. The standard InChI is InChI=1S/C23H28N6O3/c1-15(2)21-26-27-22(32-21)17-6-5-9-24-20(17)28-10-12-29(13-11-28)23(30)25-18-14-16(3)7-8-19(18)31-4/h5-9,14-15H,10-13H2,1-4H3,(H,25,30). The Kier molecular flexibility index (Phi) is 6.25. The predicted octanol–water partition coefficient (Wildman–Crippen LogP) is 3.93. The van der Waals surface area contributed by atoms with Gasteiger partial charge in [0.25, 0.3) is 5.89 Å². The number of rotatable bonds is 5. The summed E-state index contributed by atoms with van der Waals surface area (Å²) in [6.45, 7) is 8.43. The molecule has 0 bridgehead atoms. The summed E-state index contributed by atoms with van der Waals surface area (Å²) in [6, 6.07) is 9.36. The van der Waals surface area contributed by atoms with Crippen molar-refractivity contribution in [3.05, 3.63) is 48.0 Å². The molecule has 2 aromatic heterocycles. The first kappa shape index (κ1) is 21.6. The van der Waals surface area contributed by atoms with E-state index in [-0.39, 0.29) is 11.9 Å². The number of hydrogen-bond acceptors (Lipinski definition) is 7. The van der Waals surface area contributed by atoms with Gasteiger partial charge in [0, 0.05) is 38.3 Å². The summed E-state index contributed by atoms with van der Waals surface area (Å²) in [6.07, 6.45) is 1.75. The lowest BCUT2D eigenvalue weighted by atomic mass is 10.2. The van der Waals surface area contributed by atoms with Crippen LogP contribution in [0.4, 0.5) is 16.3 Å². The Morgan fingerprint density at radius 3 is 2.62 bits per heavy atom. The number of aryl methyl sites for hydroxylation is 1. The quantitative estimate of drug-likeness (QED) is 0.647. The molecule has 3 heterocycles. The summed E-state index contributed by atoms with van der Waals surface area (Å²) in [4.78, 5) is 21.3. The highest BCUT2D eigenvalue weighted by Crippen LogP contribution is 2.30. The van der Waals surface area contributed by atoms with Crippen LogP contribution in [0.15, 0.2) is 40.9 Å². The maximum Gasteiger partial charge on any atom is 0.322 e. The fourth-order valence-corrected chi connectivity index (χ4v) is 3.63. The first-order valence-electron chi connectivity index (χ1n) is 10.7. The molecule has 4 rings (SSSR count). The Balaban J connectivity index is 1.44. The van der Waals surface area contributed by atoms with Crippen LogP contribution in [0.3, 0.4) is 0 Å². The SMILES string of the molecule is COc1ccc(C)cc1NC(=O)N1CCN(c2ncccc2-c2nnc(C(C)C)o2)CC1. The minimum atomic E-state index is -0.145. The number of benzene rings is 1. The highest BCUT2D eigenvalue weighted by Gasteiger charge is 2.25. The lowest BCUT2D eigenvalue weighted by Gasteiger charge is -2.36. The van der Waals surface area contributed by atoms with Crippen molar-refractivity contribution in [2.75, 3.05) is 43.5 Å². The molecular formula is C23H28N6O3. The molecule has 1 fully saturated rings. The van der Waals surface area contributed by atoms with E-state index in [0.717, 1.165) is 16.9 Å². The van der Waals surface area contributed by atoms with E-state index in [4.69, 9.17) is 9.15 Å². The fourth-order valence-electron chi connectivity index (χ4n) is 3.63. The minimum absolute atomic E-state index is 0.145. The van der Waals surface area contributed by atoms with Crippen LogP contribution in [0, 0.1) is 6.92 Å². The molecule has 1 saturated heterocycles. The average Bonchev–Trinajstić information content (AvgIpc) is 3.30. The monoisotopic (exact) mass is 436 g/mol. The summed E-state index contributed by atoms with van der Waals surface area (Å²) < 4.78 is 11.2.